The number of H-pyrrole nitrogens is 1. The maximum absolute atomic E-state index is 12.2. The normalized spacial score (nSPS) is 19.2. The number of ketones is 1. The SMILES string of the molecule is COc1ccc([C@@H]2CC(=O)CC(=NCCc3cnc[nH]3)C2)cc1OC. The summed E-state index contributed by atoms with van der Waals surface area (Å²) < 4.78 is 10.7. The van der Waals surface area contributed by atoms with E-state index in [0.29, 0.717) is 30.9 Å². The minimum Gasteiger partial charge on any atom is -0.493 e. The Morgan fingerprint density at radius 3 is 2.80 bits per heavy atom. The Labute approximate surface area is 147 Å². The molecule has 0 aliphatic heterocycles. The molecular weight excluding hydrogens is 318 g/mol. The van der Waals surface area contributed by atoms with Gasteiger partial charge in [-0.1, -0.05) is 6.07 Å². The Morgan fingerprint density at radius 2 is 2.08 bits per heavy atom. The van der Waals surface area contributed by atoms with Gasteiger partial charge in [-0.15, -0.1) is 0 Å². The van der Waals surface area contributed by atoms with Crippen LogP contribution in [-0.2, 0) is 11.2 Å². The van der Waals surface area contributed by atoms with Gasteiger partial charge in [-0.05, 0) is 30.0 Å². The minimum atomic E-state index is 0.145. The molecular formula is C19H23N3O3. The number of benzene rings is 1. The van der Waals surface area contributed by atoms with E-state index in [-0.39, 0.29) is 11.7 Å². The van der Waals surface area contributed by atoms with E-state index in [1.807, 2.05) is 18.2 Å². The number of hydrogen-bond donors (Lipinski definition) is 1. The molecule has 2 aromatic rings. The number of carbonyl (C=O) groups is 1. The molecule has 6 nitrogen and oxygen atoms in total. The first-order valence-electron chi connectivity index (χ1n) is 8.42. The van der Waals surface area contributed by atoms with Gasteiger partial charge in [-0.2, -0.15) is 0 Å². The van der Waals surface area contributed by atoms with Crippen LogP contribution in [0.4, 0.5) is 0 Å². The average Bonchev–Trinajstić information content (AvgIpc) is 3.14. The van der Waals surface area contributed by atoms with E-state index in [9.17, 15) is 4.79 Å². The first kappa shape index (κ1) is 17.2. The number of aromatic nitrogens is 2. The van der Waals surface area contributed by atoms with Crippen molar-refractivity contribution in [2.45, 2.75) is 31.6 Å². The van der Waals surface area contributed by atoms with E-state index in [1.165, 1.54) is 0 Å². The Balaban J connectivity index is 1.70. The van der Waals surface area contributed by atoms with E-state index >= 15 is 0 Å². The molecule has 0 spiro atoms. The van der Waals surface area contributed by atoms with Crippen LogP contribution in [0.15, 0.2) is 35.7 Å². The molecule has 0 bridgehead atoms. The molecule has 0 radical (unpaired) electrons. The number of aliphatic imine (C=N–C) groups is 1. The Kier molecular flexibility index (Phi) is 5.48. The molecule has 3 rings (SSSR count). The van der Waals surface area contributed by atoms with Crippen molar-refractivity contribution in [1.29, 1.82) is 0 Å². The molecule has 1 atom stereocenters. The van der Waals surface area contributed by atoms with Crippen LogP contribution < -0.4 is 9.47 Å². The van der Waals surface area contributed by atoms with Crippen molar-refractivity contribution >= 4 is 11.5 Å². The highest BCUT2D eigenvalue weighted by atomic mass is 16.5. The number of carbonyl (C=O) groups excluding carboxylic acids is 1. The lowest BCUT2D eigenvalue weighted by Crippen LogP contribution is -2.22. The van der Waals surface area contributed by atoms with Crippen LogP contribution in [0, 0.1) is 0 Å². The van der Waals surface area contributed by atoms with Crippen LogP contribution in [-0.4, -0.2) is 42.2 Å². The van der Waals surface area contributed by atoms with Gasteiger partial charge in [0.2, 0.25) is 0 Å². The second-order valence-corrected chi connectivity index (χ2v) is 6.21. The van der Waals surface area contributed by atoms with Crippen molar-refractivity contribution in [1.82, 2.24) is 9.97 Å². The van der Waals surface area contributed by atoms with Crippen molar-refractivity contribution in [3.63, 3.8) is 0 Å². The highest BCUT2D eigenvalue weighted by Crippen LogP contribution is 2.35. The Morgan fingerprint density at radius 1 is 1.24 bits per heavy atom. The molecule has 1 N–H and O–H groups in total. The Hall–Kier alpha value is -2.63. The predicted molar refractivity (Wildman–Crippen MR) is 95.7 cm³/mol. The zero-order valence-electron chi connectivity index (χ0n) is 14.6. The fourth-order valence-electron chi connectivity index (χ4n) is 3.22. The standard InChI is InChI=1S/C19H23N3O3/c1-24-18-4-3-13(9-19(18)25-2)14-7-16(10-17(23)8-14)21-6-5-15-11-20-12-22-15/h3-4,9,11-12,14H,5-8,10H2,1-2H3,(H,20,22)/t14-/m0/s1. The van der Waals surface area contributed by atoms with Crippen molar-refractivity contribution in [3.05, 3.63) is 42.0 Å². The maximum Gasteiger partial charge on any atom is 0.160 e. The zero-order valence-corrected chi connectivity index (χ0v) is 14.6. The second kappa shape index (κ2) is 7.96. The fourth-order valence-corrected chi connectivity index (χ4v) is 3.22. The summed E-state index contributed by atoms with van der Waals surface area (Å²) in [6, 6.07) is 5.86. The highest BCUT2D eigenvalue weighted by molar-refractivity contribution is 6.05. The van der Waals surface area contributed by atoms with Gasteiger partial charge in [0.1, 0.15) is 5.78 Å². The summed E-state index contributed by atoms with van der Waals surface area (Å²) in [5, 5.41) is 0. The van der Waals surface area contributed by atoms with Gasteiger partial charge < -0.3 is 14.5 Å². The van der Waals surface area contributed by atoms with Crippen LogP contribution in [0.25, 0.3) is 0 Å². The quantitative estimate of drug-likeness (QED) is 0.876. The molecule has 0 unspecified atom stereocenters. The number of aromatic amines is 1. The molecule has 1 heterocycles. The molecule has 1 fully saturated rings. The minimum absolute atomic E-state index is 0.145. The van der Waals surface area contributed by atoms with E-state index in [0.717, 1.165) is 29.8 Å². The molecule has 1 saturated carbocycles. The van der Waals surface area contributed by atoms with Gasteiger partial charge >= 0.3 is 0 Å². The van der Waals surface area contributed by atoms with E-state index in [2.05, 4.69) is 15.0 Å². The second-order valence-electron chi connectivity index (χ2n) is 6.21. The number of rotatable bonds is 6. The van der Waals surface area contributed by atoms with Crippen molar-refractivity contribution < 1.29 is 14.3 Å². The zero-order chi connectivity index (χ0) is 17.6. The molecule has 0 saturated heterocycles. The molecule has 1 aliphatic carbocycles. The fraction of sp³-hybridized carbons (Fsp3) is 0.421. The summed E-state index contributed by atoms with van der Waals surface area (Å²) >= 11 is 0. The number of ether oxygens (including phenoxy) is 2. The summed E-state index contributed by atoms with van der Waals surface area (Å²) in [4.78, 5) is 23.9. The lowest BCUT2D eigenvalue weighted by Gasteiger charge is -2.23. The molecule has 25 heavy (non-hydrogen) atoms. The predicted octanol–water partition coefficient (Wildman–Crippen LogP) is 2.95. The third-order valence-electron chi connectivity index (χ3n) is 4.51. The monoisotopic (exact) mass is 341 g/mol. The van der Waals surface area contributed by atoms with Crippen LogP contribution >= 0.6 is 0 Å². The molecule has 1 aromatic heterocycles. The number of imidazole rings is 1. The third kappa shape index (κ3) is 4.26. The molecule has 0 amide bonds. The number of methoxy groups -OCH3 is 2. The topological polar surface area (TPSA) is 76.6 Å². The number of Topliss-reactive ketones (excluding diaryl/α,β-unsaturated/α-hetero) is 1. The van der Waals surface area contributed by atoms with E-state index < -0.39 is 0 Å². The maximum atomic E-state index is 12.2. The molecule has 6 heteroatoms. The number of nitrogens with zero attached hydrogens (tertiary/aromatic N) is 2. The first-order chi connectivity index (χ1) is 12.2. The summed E-state index contributed by atoms with van der Waals surface area (Å²) in [5.74, 6) is 1.77. The van der Waals surface area contributed by atoms with Crippen LogP contribution in [0.5, 0.6) is 11.5 Å². The lowest BCUT2D eigenvalue weighted by atomic mass is 9.82. The Bertz CT molecular complexity index is 753. The first-order valence-corrected chi connectivity index (χ1v) is 8.42. The summed E-state index contributed by atoms with van der Waals surface area (Å²) in [7, 11) is 3.24. The third-order valence-corrected chi connectivity index (χ3v) is 4.51. The van der Waals surface area contributed by atoms with Crippen molar-refractivity contribution in [3.8, 4) is 11.5 Å². The highest BCUT2D eigenvalue weighted by Gasteiger charge is 2.26. The van der Waals surface area contributed by atoms with Gasteiger partial charge in [0, 0.05) is 43.4 Å². The van der Waals surface area contributed by atoms with Gasteiger partial charge in [-0.25, -0.2) is 4.98 Å². The smallest absolute Gasteiger partial charge is 0.160 e. The summed E-state index contributed by atoms with van der Waals surface area (Å²) in [6.07, 6.45) is 6.10. The van der Waals surface area contributed by atoms with Gasteiger partial charge in [0.25, 0.3) is 0 Å². The summed E-state index contributed by atoms with van der Waals surface area (Å²) in [5.41, 5.74) is 3.13. The number of hydrogen-bond acceptors (Lipinski definition) is 5. The van der Waals surface area contributed by atoms with E-state index in [4.69, 9.17) is 9.47 Å². The van der Waals surface area contributed by atoms with Crippen LogP contribution in [0.3, 0.4) is 0 Å². The molecule has 132 valence electrons. The number of nitrogens with one attached hydrogen (secondary N) is 1. The van der Waals surface area contributed by atoms with E-state index in [1.54, 1.807) is 26.7 Å². The lowest BCUT2D eigenvalue weighted by molar-refractivity contribution is -0.118. The van der Waals surface area contributed by atoms with Gasteiger partial charge in [0.15, 0.2) is 11.5 Å². The molecule has 1 aliphatic rings. The van der Waals surface area contributed by atoms with Crippen LogP contribution in [0.1, 0.15) is 36.4 Å². The van der Waals surface area contributed by atoms with Crippen molar-refractivity contribution in [2.75, 3.05) is 20.8 Å². The van der Waals surface area contributed by atoms with Crippen molar-refractivity contribution in [2.24, 2.45) is 4.99 Å². The van der Waals surface area contributed by atoms with Gasteiger partial charge in [0.05, 0.1) is 20.5 Å². The summed E-state index contributed by atoms with van der Waals surface area (Å²) in [6.45, 7) is 0.670. The largest absolute Gasteiger partial charge is 0.493 e. The molecule has 1 aromatic carbocycles. The average molecular weight is 341 g/mol. The van der Waals surface area contributed by atoms with Crippen LogP contribution in [0.2, 0.25) is 0 Å². The van der Waals surface area contributed by atoms with Gasteiger partial charge in [-0.3, -0.25) is 9.79 Å².